The molecule has 0 aromatic heterocycles. The van der Waals surface area contributed by atoms with Crippen LogP contribution in [0.3, 0.4) is 0 Å². The smallest absolute Gasteiger partial charge is 0.410 e. The minimum absolute atomic E-state index is 0.465. The zero-order valence-corrected chi connectivity index (χ0v) is 11.8. The molecule has 0 atom stereocenters. The third kappa shape index (κ3) is 4.12. The molecular weight excluding hydrogens is 250 g/mol. The lowest BCUT2D eigenvalue weighted by Gasteiger charge is -2.12. The van der Waals surface area contributed by atoms with Gasteiger partial charge in [-0.2, -0.15) is 0 Å². The van der Waals surface area contributed by atoms with Gasteiger partial charge in [0.25, 0.3) is 0 Å². The number of ether oxygens (including phenoxy) is 1. The first-order valence-electron chi connectivity index (χ1n) is 6.77. The summed E-state index contributed by atoms with van der Waals surface area (Å²) in [6, 6.07) is 16.8. The van der Waals surface area contributed by atoms with E-state index in [1.165, 1.54) is 0 Å². The summed E-state index contributed by atoms with van der Waals surface area (Å²) in [5.74, 6) is 1.06. The summed E-state index contributed by atoms with van der Waals surface area (Å²) in [5.41, 5.74) is 1.93. The largest absolute Gasteiger partial charge is 0.417 e. The first-order chi connectivity index (χ1) is 9.65. The van der Waals surface area contributed by atoms with Crippen molar-refractivity contribution in [3.8, 4) is 5.75 Å². The van der Waals surface area contributed by atoms with E-state index in [4.69, 9.17) is 4.74 Å². The van der Waals surface area contributed by atoms with Crippen LogP contribution in [0.4, 0.5) is 10.5 Å². The first-order valence-corrected chi connectivity index (χ1v) is 6.77. The molecule has 20 heavy (non-hydrogen) atoms. The summed E-state index contributed by atoms with van der Waals surface area (Å²) in [6.07, 6.45) is 0.453. The molecule has 0 aliphatic heterocycles. The van der Waals surface area contributed by atoms with E-state index >= 15 is 0 Å². The van der Waals surface area contributed by atoms with Crippen molar-refractivity contribution in [2.24, 2.45) is 5.92 Å². The molecular formula is C17H19NO2. The van der Waals surface area contributed by atoms with Crippen LogP contribution in [0.25, 0.3) is 0 Å². The number of hydrogen-bond acceptors (Lipinski definition) is 2. The van der Waals surface area contributed by atoms with Crippen molar-refractivity contribution in [1.29, 1.82) is 0 Å². The average molecular weight is 269 g/mol. The van der Waals surface area contributed by atoms with Gasteiger partial charge >= 0.3 is 6.09 Å². The second-order valence-corrected chi connectivity index (χ2v) is 5.08. The highest BCUT2D eigenvalue weighted by Crippen LogP contribution is 2.19. The van der Waals surface area contributed by atoms with Gasteiger partial charge in [0.1, 0.15) is 5.75 Å². The summed E-state index contributed by atoms with van der Waals surface area (Å²) in [5, 5.41) is 2.80. The van der Waals surface area contributed by atoms with Gasteiger partial charge < -0.3 is 4.74 Å². The number of benzene rings is 2. The number of hydrogen-bond donors (Lipinski definition) is 1. The molecule has 0 spiro atoms. The van der Waals surface area contributed by atoms with E-state index in [0.29, 0.717) is 11.7 Å². The number of carbonyl (C=O) groups is 1. The fourth-order valence-electron chi connectivity index (χ4n) is 1.99. The molecule has 104 valence electrons. The first kappa shape index (κ1) is 14.1. The Bertz CT molecular complexity index is 564. The summed E-state index contributed by atoms with van der Waals surface area (Å²) >= 11 is 0. The minimum atomic E-state index is -0.465. The minimum Gasteiger partial charge on any atom is -0.410 e. The zero-order valence-electron chi connectivity index (χ0n) is 11.8. The van der Waals surface area contributed by atoms with E-state index in [1.54, 1.807) is 12.1 Å². The third-order valence-corrected chi connectivity index (χ3v) is 2.84. The van der Waals surface area contributed by atoms with Crippen molar-refractivity contribution >= 4 is 11.8 Å². The normalized spacial score (nSPS) is 10.3. The van der Waals surface area contributed by atoms with E-state index in [2.05, 4.69) is 19.2 Å². The van der Waals surface area contributed by atoms with Gasteiger partial charge in [0.05, 0.1) is 0 Å². The summed E-state index contributed by atoms with van der Waals surface area (Å²) < 4.78 is 5.23. The van der Waals surface area contributed by atoms with E-state index in [1.807, 2.05) is 42.5 Å². The van der Waals surface area contributed by atoms with Crippen LogP contribution in [0, 0.1) is 5.92 Å². The topological polar surface area (TPSA) is 38.3 Å². The van der Waals surface area contributed by atoms with E-state index < -0.39 is 6.09 Å². The molecule has 2 rings (SSSR count). The highest BCUT2D eigenvalue weighted by atomic mass is 16.6. The third-order valence-electron chi connectivity index (χ3n) is 2.84. The Morgan fingerprint density at radius 3 is 2.40 bits per heavy atom. The van der Waals surface area contributed by atoms with Crippen LogP contribution in [-0.4, -0.2) is 6.09 Å². The van der Waals surface area contributed by atoms with Gasteiger partial charge in [0, 0.05) is 5.69 Å². The lowest BCUT2D eigenvalue weighted by Crippen LogP contribution is -2.18. The van der Waals surface area contributed by atoms with E-state index in [0.717, 1.165) is 17.7 Å². The molecule has 1 N–H and O–H groups in total. The van der Waals surface area contributed by atoms with Gasteiger partial charge in [-0.3, -0.25) is 5.32 Å². The van der Waals surface area contributed by atoms with Crippen molar-refractivity contribution in [2.45, 2.75) is 20.3 Å². The summed E-state index contributed by atoms with van der Waals surface area (Å²) in [4.78, 5) is 11.9. The van der Waals surface area contributed by atoms with Crippen LogP contribution < -0.4 is 10.1 Å². The number of anilines is 1. The molecule has 3 nitrogen and oxygen atoms in total. The van der Waals surface area contributed by atoms with Crippen LogP contribution in [-0.2, 0) is 6.42 Å². The highest BCUT2D eigenvalue weighted by Gasteiger charge is 2.09. The molecule has 2 aromatic carbocycles. The Morgan fingerprint density at radius 1 is 1.05 bits per heavy atom. The van der Waals surface area contributed by atoms with Crippen LogP contribution in [0.2, 0.25) is 0 Å². The molecule has 0 fully saturated rings. The van der Waals surface area contributed by atoms with Crippen LogP contribution in [0.5, 0.6) is 5.75 Å². The molecule has 0 radical (unpaired) electrons. The predicted octanol–water partition coefficient (Wildman–Crippen LogP) is 4.50. The molecule has 0 saturated heterocycles. The van der Waals surface area contributed by atoms with Gasteiger partial charge in [0.2, 0.25) is 0 Å². The van der Waals surface area contributed by atoms with Gasteiger partial charge in [-0.1, -0.05) is 50.2 Å². The van der Waals surface area contributed by atoms with Gasteiger partial charge in [-0.25, -0.2) is 4.79 Å². The van der Waals surface area contributed by atoms with E-state index in [-0.39, 0.29) is 0 Å². The predicted molar refractivity (Wildman–Crippen MR) is 81.1 cm³/mol. The molecule has 0 bridgehead atoms. The highest BCUT2D eigenvalue weighted by molar-refractivity contribution is 5.87. The van der Waals surface area contributed by atoms with Gasteiger partial charge in [0.15, 0.2) is 0 Å². The molecule has 3 heteroatoms. The average Bonchev–Trinajstić information content (AvgIpc) is 2.41. The van der Waals surface area contributed by atoms with Crippen molar-refractivity contribution < 1.29 is 9.53 Å². The number of rotatable bonds is 4. The van der Waals surface area contributed by atoms with Crippen LogP contribution in [0.15, 0.2) is 54.6 Å². The Kier molecular flexibility index (Phi) is 4.77. The lowest BCUT2D eigenvalue weighted by atomic mass is 10.0. The maximum Gasteiger partial charge on any atom is 0.417 e. The maximum atomic E-state index is 11.9. The summed E-state index contributed by atoms with van der Waals surface area (Å²) in [7, 11) is 0. The van der Waals surface area contributed by atoms with Gasteiger partial charge in [-0.15, -0.1) is 0 Å². The van der Waals surface area contributed by atoms with Crippen molar-refractivity contribution in [2.75, 3.05) is 5.32 Å². The Hall–Kier alpha value is -2.29. The summed E-state index contributed by atoms with van der Waals surface area (Å²) in [6.45, 7) is 4.30. The fraction of sp³-hybridized carbons (Fsp3) is 0.235. The molecule has 0 unspecified atom stereocenters. The second kappa shape index (κ2) is 6.75. The molecule has 2 aromatic rings. The molecule has 0 heterocycles. The monoisotopic (exact) mass is 269 g/mol. The zero-order chi connectivity index (χ0) is 14.4. The van der Waals surface area contributed by atoms with Crippen molar-refractivity contribution in [3.05, 3.63) is 60.2 Å². The number of nitrogens with one attached hydrogen (secondary N) is 1. The van der Waals surface area contributed by atoms with Crippen molar-refractivity contribution in [3.63, 3.8) is 0 Å². The van der Waals surface area contributed by atoms with Crippen LogP contribution >= 0.6 is 0 Å². The maximum absolute atomic E-state index is 11.9. The van der Waals surface area contributed by atoms with E-state index in [9.17, 15) is 4.79 Å². The lowest BCUT2D eigenvalue weighted by molar-refractivity contribution is 0.215. The fourth-order valence-corrected chi connectivity index (χ4v) is 1.99. The number of carbonyl (C=O) groups excluding carboxylic acids is 1. The number of amides is 1. The van der Waals surface area contributed by atoms with Gasteiger partial charge in [-0.05, 0) is 36.1 Å². The van der Waals surface area contributed by atoms with Crippen molar-refractivity contribution in [1.82, 2.24) is 0 Å². The molecule has 1 amide bonds. The quantitative estimate of drug-likeness (QED) is 0.887. The second-order valence-electron chi connectivity index (χ2n) is 5.08. The molecule has 0 aliphatic rings. The Morgan fingerprint density at radius 2 is 1.70 bits per heavy atom. The Balaban J connectivity index is 2.04. The SMILES string of the molecule is CC(C)Cc1ccccc1NC(=O)Oc1ccccc1. The standard InChI is InChI=1S/C17H19NO2/c1-13(2)12-14-8-6-7-11-16(14)18-17(19)20-15-9-4-3-5-10-15/h3-11,13H,12H2,1-2H3,(H,18,19). The molecule has 0 aliphatic carbocycles. The molecule has 0 saturated carbocycles. The van der Waals surface area contributed by atoms with Crippen LogP contribution in [0.1, 0.15) is 19.4 Å². The Labute approximate surface area is 119 Å². The number of para-hydroxylation sites is 2.